The summed E-state index contributed by atoms with van der Waals surface area (Å²) in [7, 11) is 0. The molecule has 0 heterocycles. The molecule has 6 aliphatic carbocycles. The summed E-state index contributed by atoms with van der Waals surface area (Å²) in [6.07, 6.45) is 19.2. The maximum absolute atomic E-state index is 1.64. The van der Waals surface area contributed by atoms with E-state index in [1.165, 1.54) is 48.3 Å². The Morgan fingerprint density at radius 2 is 0.950 bits per heavy atom. The van der Waals surface area contributed by atoms with E-state index < -0.39 is 0 Å². The van der Waals surface area contributed by atoms with Gasteiger partial charge in [-0.3, -0.25) is 0 Å². The molecule has 0 aromatic heterocycles. The van der Waals surface area contributed by atoms with Crippen LogP contribution in [0, 0.1) is 46.3 Å². The van der Waals surface area contributed by atoms with E-state index in [4.69, 9.17) is 0 Å². The van der Waals surface area contributed by atoms with Crippen LogP contribution < -0.4 is 0 Å². The summed E-state index contributed by atoms with van der Waals surface area (Å²) in [5.74, 6) is 7.49. The second-order valence-electron chi connectivity index (χ2n) is 9.58. The second-order valence-corrected chi connectivity index (χ2v) is 9.58. The van der Waals surface area contributed by atoms with Gasteiger partial charge in [0.1, 0.15) is 0 Å². The second kappa shape index (κ2) is 3.49. The highest BCUT2D eigenvalue weighted by molar-refractivity contribution is 5.34. The van der Waals surface area contributed by atoms with Gasteiger partial charge in [0.05, 0.1) is 0 Å². The molecule has 0 bridgehead atoms. The van der Waals surface area contributed by atoms with Crippen molar-refractivity contribution >= 4 is 0 Å². The number of fused-ring (bicyclic) bond motifs is 3. The van der Waals surface area contributed by atoms with E-state index in [0.717, 1.165) is 10.8 Å². The Balaban J connectivity index is 1.33. The minimum atomic E-state index is 0.929. The third-order valence-corrected chi connectivity index (χ3v) is 9.77. The molecule has 6 rings (SSSR count). The van der Waals surface area contributed by atoms with Gasteiger partial charge in [0.25, 0.3) is 0 Å². The van der Waals surface area contributed by atoms with Gasteiger partial charge in [-0.1, -0.05) is 38.5 Å². The van der Waals surface area contributed by atoms with Gasteiger partial charge in [0, 0.05) is 0 Å². The lowest BCUT2D eigenvalue weighted by Gasteiger charge is -2.91. The zero-order valence-electron chi connectivity index (χ0n) is 12.9. The van der Waals surface area contributed by atoms with E-state index in [-0.39, 0.29) is 0 Å². The molecule has 0 saturated heterocycles. The van der Waals surface area contributed by atoms with E-state index in [1.807, 2.05) is 0 Å². The molecule has 6 fully saturated rings. The molecular formula is C20H30. The molecule has 20 heavy (non-hydrogen) atoms. The van der Waals surface area contributed by atoms with Gasteiger partial charge >= 0.3 is 0 Å². The first-order valence-electron chi connectivity index (χ1n) is 9.89. The zero-order chi connectivity index (χ0) is 12.9. The third-order valence-electron chi connectivity index (χ3n) is 9.77. The molecule has 6 saturated carbocycles. The highest BCUT2D eigenvalue weighted by Gasteiger charge is 2.86. The monoisotopic (exact) mass is 270 g/mol. The van der Waals surface area contributed by atoms with Gasteiger partial charge in [-0.05, 0) is 84.9 Å². The van der Waals surface area contributed by atoms with Crippen molar-refractivity contribution in [1.29, 1.82) is 0 Å². The molecule has 0 radical (unpaired) electrons. The average molecular weight is 270 g/mol. The highest BCUT2D eigenvalue weighted by atomic mass is 14.9. The Morgan fingerprint density at radius 3 is 1.35 bits per heavy atom. The van der Waals surface area contributed by atoms with Crippen molar-refractivity contribution in [3.63, 3.8) is 0 Å². The minimum absolute atomic E-state index is 0.929. The molecule has 8 unspecified atom stereocenters. The summed E-state index contributed by atoms with van der Waals surface area (Å²) in [4.78, 5) is 0. The molecule has 6 aliphatic rings. The van der Waals surface area contributed by atoms with E-state index in [9.17, 15) is 0 Å². The Bertz CT molecular complexity index is 411. The molecule has 0 nitrogen and oxygen atoms in total. The predicted molar refractivity (Wildman–Crippen MR) is 81.2 cm³/mol. The van der Waals surface area contributed by atoms with Crippen LogP contribution in [0.15, 0.2) is 0 Å². The molecule has 0 aromatic rings. The first kappa shape index (κ1) is 11.6. The fourth-order valence-corrected chi connectivity index (χ4v) is 9.01. The largest absolute Gasteiger partial charge is 0.0533 e. The van der Waals surface area contributed by atoms with Gasteiger partial charge in [-0.15, -0.1) is 0 Å². The van der Waals surface area contributed by atoms with Crippen molar-refractivity contribution in [2.45, 2.75) is 77.0 Å². The minimum Gasteiger partial charge on any atom is -0.0533 e. The molecular weight excluding hydrogens is 240 g/mol. The van der Waals surface area contributed by atoms with Gasteiger partial charge < -0.3 is 0 Å². The Kier molecular flexibility index (Phi) is 2.02. The van der Waals surface area contributed by atoms with E-state index in [1.54, 1.807) is 64.2 Å². The summed E-state index contributed by atoms with van der Waals surface area (Å²) in [5.41, 5.74) is 1.86. The molecule has 2 spiro atoms. The third kappa shape index (κ3) is 0.976. The normalized spacial score (nSPS) is 66.0. The predicted octanol–water partition coefficient (Wildman–Crippen LogP) is 5.42. The molecule has 0 aromatic carbocycles. The first-order chi connectivity index (χ1) is 9.89. The maximum Gasteiger partial charge on any atom is -0.0232 e. The average Bonchev–Trinajstić information content (AvgIpc) is 2.41. The molecule has 0 heteroatoms. The van der Waals surface area contributed by atoms with Crippen LogP contribution in [-0.2, 0) is 0 Å². The quantitative estimate of drug-likeness (QED) is 0.551. The van der Waals surface area contributed by atoms with Gasteiger partial charge in [0.15, 0.2) is 0 Å². The fraction of sp³-hybridized carbons (Fsp3) is 1.00. The van der Waals surface area contributed by atoms with Crippen LogP contribution in [0.2, 0.25) is 0 Å². The molecule has 0 amide bonds. The molecule has 0 N–H and O–H groups in total. The summed E-state index contributed by atoms with van der Waals surface area (Å²) in [6.45, 7) is 0. The van der Waals surface area contributed by atoms with Gasteiger partial charge in [0.2, 0.25) is 0 Å². The number of hydrogen-bond donors (Lipinski definition) is 0. The highest BCUT2D eigenvalue weighted by Crippen LogP contribution is 2.91. The summed E-state index contributed by atoms with van der Waals surface area (Å²) in [6, 6.07) is 0. The van der Waals surface area contributed by atoms with Crippen LogP contribution >= 0.6 is 0 Å². The van der Waals surface area contributed by atoms with Crippen LogP contribution in [0.3, 0.4) is 0 Å². The molecule has 8 atom stereocenters. The van der Waals surface area contributed by atoms with Crippen LogP contribution in [0.5, 0.6) is 0 Å². The standard InChI is InChI=1S/C20H30/c1-2-4-6-10-20-12-8-14(20)16-15-13-7-11-19(13,9-5-3-1)17(15)18(16)20/h13-18H,1-12H2. The van der Waals surface area contributed by atoms with Crippen LogP contribution in [-0.4, -0.2) is 0 Å². The van der Waals surface area contributed by atoms with Crippen molar-refractivity contribution in [1.82, 2.24) is 0 Å². The summed E-state index contributed by atoms with van der Waals surface area (Å²) >= 11 is 0. The Morgan fingerprint density at radius 1 is 0.500 bits per heavy atom. The Labute approximate surface area is 124 Å². The Hall–Kier alpha value is 0. The van der Waals surface area contributed by atoms with Crippen LogP contribution in [0.1, 0.15) is 77.0 Å². The van der Waals surface area contributed by atoms with Crippen molar-refractivity contribution in [2.24, 2.45) is 46.3 Å². The topological polar surface area (TPSA) is 0 Å². The van der Waals surface area contributed by atoms with Crippen LogP contribution in [0.25, 0.3) is 0 Å². The first-order valence-corrected chi connectivity index (χ1v) is 9.89. The summed E-state index contributed by atoms with van der Waals surface area (Å²) < 4.78 is 0. The molecule has 0 aliphatic heterocycles. The number of hydrogen-bond acceptors (Lipinski definition) is 0. The zero-order valence-corrected chi connectivity index (χ0v) is 12.9. The van der Waals surface area contributed by atoms with Crippen molar-refractivity contribution < 1.29 is 0 Å². The fourth-order valence-electron chi connectivity index (χ4n) is 9.01. The summed E-state index contributed by atoms with van der Waals surface area (Å²) in [5, 5.41) is 0. The maximum atomic E-state index is 1.64. The smallest absolute Gasteiger partial charge is 0.0232 e. The SMILES string of the molecule is C1CCCCC23CCC2C2C4C5CCC5(CCC1)C4C23. The van der Waals surface area contributed by atoms with Crippen LogP contribution in [0.4, 0.5) is 0 Å². The van der Waals surface area contributed by atoms with E-state index >= 15 is 0 Å². The van der Waals surface area contributed by atoms with Crippen molar-refractivity contribution in [3.8, 4) is 0 Å². The van der Waals surface area contributed by atoms with Crippen molar-refractivity contribution in [2.75, 3.05) is 0 Å². The lowest BCUT2D eigenvalue weighted by Crippen LogP contribution is -2.86. The van der Waals surface area contributed by atoms with E-state index in [0.29, 0.717) is 0 Å². The van der Waals surface area contributed by atoms with E-state index in [2.05, 4.69) is 0 Å². The number of rotatable bonds is 0. The lowest BCUT2D eigenvalue weighted by molar-refractivity contribution is -0.437. The van der Waals surface area contributed by atoms with Gasteiger partial charge in [-0.2, -0.15) is 0 Å². The molecule has 110 valence electrons. The lowest BCUT2D eigenvalue weighted by atomic mass is 9.13. The van der Waals surface area contributed by atoms with Gasteiger partial charge in [-0.25, -0.2) is 0 Å². The van der Waals surface area contributed by atoms with Crippen molar-refractivity contribution in [3.05, 3.63) is 0 Å².